The van der Waals surface area contributed by atoms with Crippen molar-refractivity contribution in [1.82, 2.24) is 0 Å². The number of hydrogen-bond acceptors (Lipinski definition) is 6. The van der Waals surface area contributed by atoms with Gasteiger partial charge in [-0.1, -0.05) is 121 Å². The Morgan fingerprint density at radius 3 is 0.860 bits per heavy atom. The second-order valence-electron chi connectivity index (χ2n) is 15.7. The van der Waals surface area contributed by atoms with Gasteiger partial charge >= 0.3 is 16.5 Å². The molecule has 2 atom stereocenters. The van der Waals surface area contributed by atoms with Gasteiger partial charge in [-0.2, -0.15) is 0 Å². The second-order valence-corrected chi connectivity index (χ2v) is 20.8. The van der Waals surface area contributed by atoms with Crippen molar-refractivity contribution in [3.05, 3.63) is 57.6 Å². The van der Waals surface area contributed by atoms with E-state index >= 15 is 0 Å². The standard InChI is InChI=1S/2C17H29O3P.Ni/c2*1-8-21(19,20)11-12-9-13(16(2,3)4)15(18)14(10-12)17(5,6)7;/h2*9-10,18H,8,11H2,1-7H3,(H,19,20);/q;;+2/p-2. The van der Waals surface area contributed by atoms with E-state index in [0.29, 0.717) is 0 Å². The molecule has 0 spiro atoms. The molecule has 43 heavy (non-hydrogen) atoms. The molecule has 6 nitrogen and oxygen atoms in total. The van der Waals surface area contributed by atoms with Gasteiger partial charge in [-0.15, -0.1) is 0 Å². The molecular weight excluding hydrogens is 625 g/mol. The Kier molecular flexibility index (Phi) is 14.2. The molecule has 0 heterocycles. The number of rotatable bonds is 6. The summed E-state index contributed by atoms with van der Waals surface area (Å²) in [6.07, 6.45) is 0.416. The van der Waals surface area contributed by atoms with E-state index in [0.717, 1.165) is 33.4 Å². The van der Waals surface area contributed by atoms with E-state index in [9.17, 15) is 29.1 Å². The predicted octanol–water partition coefficient (Wildman–Crippen LogP) is 8.29. The van der Waals surface area contributed by atoms with Crippen molar-refractivity contribution in [1.29, 1.82) is 0 Å². The molecule has 0 aliphatic carbocycles. The monoisotopic (exact) mass is 680 g/mol. The fourth-order valence-corrected chi connectivity index (χ4v) is 6.56. The summed E-state index contributed by atoms with van der Waals surface area (Å²) in [5, 5.41) is 21.2. The van der Waals surface area contributed by atoms with Crippen LogP contribution in [0.5, 0.6) is 11.5 Å². The third-order valence-corrected chi connectivity index (χ3v) is 11.0. The number of phenols is 2. The average molecular weight is 681 g/mol. The maximum atomic E-state index is 11.9. The summed E-state index contributed by atoms with van der Waals surface area (Å²) in [6.45, 7) is 27.6. The molecule has 2 unspecified atom stereocenters. The van der Waals surface area contributed by atoms with Gasteiger partial charge in [-0.25, -0.2) is 0 Å². The first-order valence-corrected chi connectivity index (χ1v) is 18.9. The van der Waals surface area contributed by atoms with E-state index in [1.54, 1.807) is 13.8 Å². The zero-order chi connectivity index (χ0) is 33.3. The van der Waals surface area contributed by atoms with E-state index in [2.05, 4.69) is 0 Å². The SMILES string of the molecule is CCP(=O)([O-])Cc1cc(C(C)(C)C)c(O)c(C(C)(C)C)c1.CCP(=O)([O-])Cc1cc(C(C)(C)C)c(O)c(C(C)(C)C)c1.[Ni+2]. The fourth-order valence-electron chi connectivity index (χ4n) is 4.64. The predicted molar refractivity (Wildman–Crippen MR) is 175 cm³/mol. The largest absolute Gasteiger partial charge is 2.00 e. The summed E-state index contributed by atoms with van der Waals surface area (Å²) in [4.78, 5) is 23.9. The Balaban J connectivity index is 0.000000802. The van der Waals surface area contributed by atoms with Gasteiger partial charge < -0.3 is 29.1 Å². The molecule has 0 aromatic heterocycles. The molecule has 9 heteroatoms. The van der Waals surface area contributed by atoms with Crippen molar-refractivity contribution in [3.8, 4) is 11.5 Å². The van der Waals surface area contributed by atoms with Gasteiger partial charge in [0.15, 0.2) is 0 Å². The van der Waals surface area contributed by atoms with Gasteiger partial charge in [0.05, 0.1) is 0 Å². The van der Waals surface area contributed by atoms with Crippen LogP contribution in [0.15, 0.2) is 24.3 Å². The van der Waals surface area contributed by atoms with Gasteiger partial charge in [0.1, 0.15) is 11.5 Å². The van der Waals surface area contributed by atoms with Crippen LogP contribution in [0.1, 0.15) is 130 Å². The van der Waals surface area contributed by atoms with E-state index in [1.807, 2.05) is 107 Å². The van der Waals surface area contributed by atoms with Crippen molar-refractivity contribution >= 4 is 14.7 Å². The summed E-state index contributed by atoms with van der Waals surface area (Å²) < 4.78 is 23.9. The Morgan fingerprint density at radius 1 is 0.535 bits per heavy atom. The Bertz CT molecular complexity index is 1170. The zero-order valence-corrected chi connectivity index (χ0v) is 31.7. The molecule has 2 aromatic rings. The average Bonchev–Trinajstić information content (AvgIpc) is 2.78. The maximum absolute atomic E-state index is 11.9. The molecule has 0 amide bonds. The normalized spacial score (nSPS) is 15.4. The number of hydrogen-bond donors (Lipinski definition) is 2. The van der Waals surface area contributed by atoms with Gasteiger partial charge in [0, 0.05) is 27.1 Å². The third kappa shape index (κ3) is 12.3. The van der Waals surface area contributed by atoms with Crippen LogP contribution in [-0.2, 0) is 59.6 Å². The van der Waals surface area contributed by atoms with Crippen molar-refractivity contribution in [2.75, 3.05) is 12.3 Å². The minimum atomic E-state index is -3.39. The van der Waals surface area contributed by atoms with Gasteiger partial charge in [-0.3, -0.25) is 0 Å². The minimum Gasteiger partial charge on any atom is -0.799 e. The molecule has 248 valence electrons. The van der Waals surface area contributed by atoms with E-state index in [4.69, 9.17) is 0 Å². The van der Waals surface area contributed by atoms with Crippen LogP contribution in [0.2, 0.25) is 0 Å². The molecule has 0 saturated carbocycles. The number of benzene rings is 2. The second kappa shape index (κ2) is 14.6. The van der Waals surface area contributed by atoms with Crippen molar-refractivity contribution in [3.63, 3.8) is 0 Å². The van der Waals surface area contributed by atoms with Crippen LogP contribution in [0.4, 0.5) is 0 Å². The summed E-state index contributed by atoms with van der Waals surface area (Å²) in [5.74, 6) is 0.576. The van der Waals surface area contributed by atoms with Crippen LogP contribution in [0, 0.1) is 0 Å². The van der Waals surface area contributed by atoms with E-state index in [1.165, 1.54) is 0 Å². The molecule has 0 aliphatic heterocycles. The molecule has 0 fully saturated rings. The summed E-state index contributed by atoms with van der Waals surface area (Å²) in [5.41, 5.74) is 3.81. The van der Waals surface area contributed by atoms with Crippen molar-refractivity contribution in [2.45, 2.75) is 131 Å². The summed E-state index contributed by atoms with van der Waals surface area (Å²) in [7, 11) is -6.77. The summed E-state index contributed by atoms with van der Waals surface area (Å²) in [6, 6.07) is 7.35. The third-order valence-electron chi connectivity index (χ3n) is 7.38. The minimum absolute atomic E-state index is 0. The van der Waals surface area contributed by atoms with E-state index in [-0.39, 0.29) is 74.3 Å². The van der Waals surface area contributed by atoms with Crippen molar-refractivity contribution < 1.29 is 45.6 Å². The van der Waals surface area contributed by atoms with Crippen molar-refractivity contribution in [2.24, 2.45) is 0 Å². The molecule has 0 saturated heterocycles. The molecule has 0 aliphatic rings. The van der Waals surface area contributed by atoms with Gasteiger partial charge in [-0.05, 0) is 67.4 Å². The fraction of sp³-hybridized carbons (Fsp3) is 0.647. The first-order chi connectivity index (χ1) is 18.6. The van der Waals surface area contributed by atoms with Crippen LogP contribution >= 0.6 is 14.7 Å². The van der Waals surface area contributed by atoms with Crippen LogP contribution in [0.3, 0.4) is 0 Å². The van der Waals surface area contributed by atoms with Crippen LogP contribution in [-0.4, -0.2) is 22.5 Å². The molecule has 0 radical (unpaired) electrons. The van der Waals surface area contributed by atoms with E-state index < -0.39 is 14.7 Å². The number of phenolic OH excluding ortho intramolecular Hbond substituents is 2. The zero-order valence-electron chi connectivity index (χ0n) is 28.9. The molecule has 2 N–H and O–H groups in total. The Labute approximate surface area is 271 Å². The van der Waals surface area contributed by atoms with Crippen LogP contribution in [0.25, 0.3) is 0 Å². The smallest absolute Gasteiger partial charge is 0.799 e. The molecular formula is C34H56NiO6P2. The summed E-state index contributed by atoms with van der Waals surface area (Å²) >= 11 is 0. The van der Waals surface area contributed by atoms with Gasteiger partial charge in [0.25, 0.3) is 0 Å². The first kappa shape index (κ1) is 41.9. The molecule has 2 aromatic carbocycles. The maximum Gasteiger partial charge on any atom is 2.00 e. The quantitative estimate of drug-likeness (QED) is 0.234. The topological polar surface area (TPSA) is 121 Å². The molecule has 2 rings (SSSR count). The molecule has 0 bridgehead atoms. The first-order valence-electron chi connectivity index (χ1n) is 14.9. The van der Waals surface area contributed by atoms with Crippen LogP contribution < -0.4 is 9.79 Å². The number of aromatic hydroxyl groups is 2. The Hall–Kier alpha value is -1.09. The van der Waals surface area contributed by atoms with Gasteiger partial charge in [0.2, 0.25) is 0 Å². The Morgan fingerprint density at radius 2 is 0.721 bits per heavy atom.